The van der Waals surface area contributed by atoms with Gasteiger partial charge in [0.2, 0.25) is 6.79 Å². The molecule has 2 rings (SSSR count). The van der Waals surface area contributed by atoms with E-state index >= 15 is 0 Å². The van der Waals surface area contributed by atoms with Crippen LogP contribution < -0.4 is 20.9 Å². The molecule has 0 saturated carbocycles. The highest BCUT2D eigenvalue weighted by molar-refractivity contribution is 8.14. The predicted molar refractivity (Wildman–Crippen MR) is 94.5 cm³/mol. The first-order valence-corrected chi connectivity index (χ1v) is 8.16. The fraction of sp³-hybridized carbons (Fsp3) is 0.0667. The van der Waals surface area contributed by atoms with Crippen molar-refractivity contribution in [2.75, 3.05) is 6.79 Å². The van der Waals surface area contributed by atoms with Gasteiger partial charge >= 0.3 is 0 Å². The van der Waals surface area contributed by atoms with Gasteiger partial charge in [0.25, 0.3) is 0 Å². The van der Waals surface area contributed by atoms with Crippen molar-refractivity contribution in [1.82, 2.24) is 0 Å². The lowest BCUT2D eigenvalue weighted by Crippen LogP contribution is -2.06. The first-order valence-electron chi connectivity index (χ1n) is 6.52. The summed E-state index contributed by atoms with van der Waals surface area (Å²) in [5, 5.41) is 14.5. The molecule has 2 aromatic rings. The Hall–Kier alpha value is -2.32. The number of rotatable bonds is 6. The first kappa shape index (κ1) is 17.0. The Morgan fingerprint density at radius 1 is 0.739 bits per heavy atom. The first-order chi connectivity index (χ1) is 11.0. The molecule has 0 aliphatic rings. The van der Waals surface area contributed by atoms with E-state index in [1.807, 2.05) is 24.3 Å². The van der Waals surface area contributed by atoms with Crippen LogP contribution in [0.5, 0.6) is 11.5 Å². The van der Waals surface area contributed by atoms with Crippen LogP contribution in [0.1, 0.15) is 0 Å². The summed E-state index contributed by atoms with van der Waals surface area (Å²) in [6.07, 6.45) is 0. The van der Waals surface area contributed by atoms with Crippen molar-refractivity contribution in [3.05, 3.63) is 48.5 Å². The standard InChI is InChI=1S/C15H16N4O2S2/c16-14(17)22-12-5-1-10(2-6-12)20-9-21-11-3-7-13(8-4-11)23-15(18)19/h1-8H,9H2,(H3,16,17)(H3,18,19). The summed E-state index contributed by atoms with van der Waals surface area (Å²) in [5.41, 5.74) is 10.6. The minimum atomic E-state index is 0.0494. The summed E-state index contributed by atoms with van der Waals surface area (Å²) < 4.78 is 11.0. The summed E-state index contributed by atoms with van der Waals surface area (Å²) in [5.74, 6) is 1.34. The van der Waals surface area contributed by atoms with Crippen LogP contribution in [0.15, 0.2) is 58.3 Å². The molecule has 8 heteroatoms. The second-order valence-electron chi connectivity index (χ2n) is 4.28. The third-order valence-corrected chi connectivity index (χ3v) is 4.01. The van der Waals surface area contributed by atoms with Crippen LogP contribution in [0, 0.1) is 10.8 Å². The third-order valence-electron chi connectivity index (χ3n) is 2.55. The SMILES string of the molecule is N=C(N)Sc1ccc(OCOc2ccc(SC(=N)N)cc2)cc1. The minimum absolute atomic E-state index is 0.0494. The topological polar surface area (TPSA) is 118 Å². The van der Waals surface area contributed by atoms with E-state index in [-0.39, 0.29) is 17.1 Å². The normalized spacial score (nSPS) is 10.1. The summed E-state index contributed by atoms with van der Waals surface area (Å²) >= 11 is 2.36. The summed E-state index contributed by atoms with van der Waals surface area (Å²) in [6.45, 7) is 0.0817. The lowest BCUT2D eigenvalue weighted by Gasteiger charge is -2.09. The fourth-order valence-electron chi connectivity index (χ4n) is 1.63. The van der Waals surface area contributed by atoms with Crippen molar-refractivity contribution in [2.45, 2.75) is 9.79 Å². The van der Waals surface area contributed by atoms with Crippen molar-refractivity contribution in [1.29, 1.82) is 10.8 Å². The Labute approximate surface area is 142 Å². The van der Waals surface area contributed by atoms with Gasteiger partial charge in [0.05, 0.1) is 0 Å². The lowest BCUT2D eigenvalue weighted by molar-refractivity contribution is 0.120. The van der Waals surface area contributed by atoms with Crippen LogP contribution in [-0.2, 0) is 0 Å². The van der Waals surface area contributed by atoms with Crippen LogP contribution in [0.4, 0.5) is 0 Å². The number of ether oxygens (including phenoxy) is 2. The average Bonchev–Trinajstić information content (AvgIpc) is 2.50. The smallest absolute Gasteiger partial charge is 0.230 e. The number of hydrogen-bond donors (Lipinski definition) is 4. The minimum Gasteiger partial charge on any atom is -0.458 e. The number of nitrogens with one attached hydrogen (secondary N) is 2. The van der Waals surface area contributed by atoms with Gasteiger partial charge in [-0.3, -0.25) is 10.8 Å². The zero-order valence-electron chi connectivity index (χ0n) is 12.1. The van der Waals surface area contributed by atoms with E-state index < -0.39 is 0 Å². The summed E-state index contributed by atoms with van der Waals surface area (Å²) in [6, 6.07) is 14.5. The van der Waals surface area contributed by atoms with E-state index in [2.05, 4.69) is 0 Å². The Bertz CT molecular complexity index is 615. The molecule has 0 aromatic heterocycles. The number of nitrogens with two attached hydrogens (primary N) is 2. The molecule has 0 spiro atoms. The highest BCUT2D eigenvalue weighted by atomic mass is 32.2. The highest BCUT2D eigenvalue weighted by Crippen LogP contribution is 2.22. The zero-order chi connectivity index (χ0) is 16.7. The molecule has 0 radical (unpaired) electrons. The maximum absolute atomic E-state index is 7.21. The maximum atomic E-state index is 7.21. The molecule has 23 heavy (non-hydrogen) atoms. The van der Waals surface area contributed by atoms with Gasteiger partial charge in [0, 0.05) is 9.79 Å². The van der Waals surface area contributed by atoms with E-state index in [0.29, 0.717) is 11.5 Å². The second kappa shape index (κ2) is 8.35. The molecule has 0 bridgehead atoms. The van der Waals surface area contributed by atoms with E-state index in [1.54, 1.807) is 24.3 Å². The van der Waals surface area contributed by atoms with Crippen LogP contribution in [0.25, 0.3) is 0 Å². The third kappa shape index (κ3) is 6.13. The van der Waals surface area contributed by atoms with Crippen LogP contribution in [0.2, 0.25) is 0 Å². The summed E-state index contributed by atoms with van der Waals surface area (Å²) in [4.78, 5) is 1.76. The van der Waals surface area contributed by atoms with Gasteiger partial charge in [-0.1, -0.05) is 23.5 Å². The predicted octanol–water partition coefficient (Wildman–Crippen LogP) is 3.07. The number of hydrogen-bond acceptors (Lipinski definition) is 6. The molecular weight excluding hydrogens is 332 g/mol. The maximum Gasteiger partial charge on any atom is 0.230 e. The molecule has 0 aliphatic carbocycles. The van der Waals surface area contributed by atoms with Crippen LogP contribution >= 0.6 is 23.5 Å². The quantitative estimate of drug-likeness (QED) is 0.276. The number of benzene rings is 2. The highest BCUT2D eigenvalue weighted by Gasteiger charge is 2.00. The molecule has 2 aromatic carbocycles. The molecule has 0 fully saturated rings. The molecule has 6 N–H and O–H groups in total. The largest absolute Gasteiger partial charge is 0.458 e. The molecule has 0 aliphatic heterocycles. The van der Waals surface area contributed by atoms with Crippen LogP contribution in [0.3, 0.4) is 0 Å². The van der Waals surface area contributed by atoms with Gasteiger partial charge in [-0.15, -0.1) is 0 Å². The molecule has 6 nitrogen and oxygen atoms in total. The molecule has 0 unspecified atom stereocenters. The van der Waals surface area contributed by atoms with Crippen molar-refractivity contribution in [2.24, 2.45) is 11.5 Å². The van der Waals surface area contributed by atoms with Crippen molar-refractivity contribution >= 4 is 33.9 Å². The van der Waals surface area contributed by atoms with Crippen molar-refractivity contribution < 1.29 is 9.47 Å². The van der Waals surface area contributed by atoms with Crippen molar-refractivity contribution in [3.63, 3.8) is 0 Å². The van der Waals surface area contributed by atoms with E-state index in [9.17, 15) is 0 Å². The number of amidine groups is 2. The molecule has 0 heterocycles. The Morgan fingerprint density at radius 2 is 1.09 bits per heavy atom. The van der Waals surface area contributed by atoms with Gasteiger partial charge in [-0.25, -0.2) is 0 Å². The van der Waals surface area contributed by atoms with E-state index in [0.717, 1.165) is 9.79 Å². The lowest BCUT2D eigenvalue weighted by atomic mass is 10.3. The van der Waals surface area contributed by atoms with Gasteiger partial charge < -0.3 is 20.9 Å². The van der Waals surface area contributed by atoms with E-state index in [4.69, 9.17) is 31.8 Å². The number of thioether (sulfide) groups is 2. The van der Waals surface area contributed by atoms with Gasteiger partial charge in [-0.2, -0.15) is 0 Å². The van der Waals surface area contributed by atoms with Gasteiger partial charge in [-0.05, 0) is 48.5 Å². The van der Waals surface area contributed by atoms with Crippen molar-refractivity contribution in [3.8, 4) is 11.5 Å². The van der Waals surface area contributed by atoms with E-state index in [1.165, 1.54) is 23.5 Å². The second-order valence-corrected chi connectivity index (χ2v) is 6.51. The molecular formula is C15H16N4O2S2. The van der Waals surface area contributed by atoms with Gasteiger partial charge in [0.15, 0.2) is 10.3 Å². The Morgan fingerprint density at radius 3 is 1.39 bits per heavy atom. The molecule has 0 amide bonds. The monoisotopic (exact) mass is 348 g/mol. The summed E-state index contributed by atoms with van der Waals surface area (Å²) in [7, 11) is 0. The van der Waals surface area contributed by atoms with Crippen LogP contribution in [-0.4, -0.2) is 17.1 Å². The van der Waals surface area contributed by atoms with Gasteiger partial charge in [0.1, 0.15) is 11.5 Å². The molecule has 0 atom stereocenters. The molecule has 120 valence electrons. The average molecular weight is 348 g/mol. The Balaban J connectivity index is 1.80. The fourth-order valence-corrected chi connectivity index (χ4v) is 2.68. The zero-order valence-corrected chi connectivity index (χ0v) is 13.7. The molecule has 0 saturated heterocycles. The Kier molecular flexibility index (Phi) is 6.19.